The third-order valence-electron chi connectivity index (χ3n) is 4.98. The molecule has 2 heterocycles. The molecule has 0 bridgehead atoms. The lowest BCUT2D eigenvalue weighted by Crippen LogP contribution is -2.23. The minimum absolute atomic E-state index is 0.108. The van der Waals surface area contributed by atoms with E-state index in [4.69, 9.17) is 14.2 Å². The zero-order chi connectivity index (χ0) is 20.8. The molecule has 0 saturated carbocycles. The number of pyridine rings is 1. The number of hydrogen-bond donors (Lipinski definition) is 1. The molecule has 30 heavy (non-hydrogen) atoms. The summed E-state index contributed by atoms with van der Waals surface area (Å²) in [6, 6.07) is 19.4. The van der Waals surface area contributed by atoms with Crippen molar-refractivity contribution in [3.8, 4) is 11.5 Å². The summed E-state index contributed by atoms with van der Waals surface area (Å²) in [6.45, 7) is 3.54. The topological polar surface area (TPSA) is 63.8 Å². The van der Waals surface area contributed by atoms with Crippen LogP contribution in [0.15, 0.2) is 71.7 Å². The lowest BCUT2D eigenvalue weighted by molar-refractivity contribution is -0.0404. The molecular formula is C24H26N2O4. The zero-order valence-corrected chi connectivity index (χ0v) is 17.0. The number of hydrogen-bond acceptors (Lipinski definition) is 5. The highest BCUT2D eigenvalue weighted by molar-refractivity contribution is 5.72. The fourth-order valence-corrected chi connectivity index (χ4v) is 3.56. The monoisotopic (exact) mass is 406 g/mol. The molecule has 1 N–H and O–H groups in total. The van der Waals surface area contributed by atoms with Crippen LogP contribution >= 0.6 is 0 Å². The van der Waals surface area contributed by atoms with E-state index in [0.717, 1.165) is 24.2 Å². The van der Waals surface area contributed by atoms with E-state index in [9.17, 15) is 4.79 Å². The molecule has 1 aliphatic heterocycles. The van der Waals surface area contributed by atoms with E-state index in [-0.39, 0.29) is 11.8 Å². The van der Waals surface area contributed by atoms with Crippen LogP contribution in [-0.2, 0) is 11.3 Å². The molecule has 3 aromatic rings. The van der Waals surface area contributed by atoms with E-state index in [0.29, 0.717) is 36.8 Å². The van der Waals surface area contributed by atoms with E-state index in [1.807, 2.05) is 67.6 Å². The van der Waals surface area contributed by atoms with Gasteiger partial charge in [-0.25, -0.2) is 0 Å². The Balaban J connectivity index is 1.77. The third-order valence-corrected chi connectivity index (χ3v) is 4.98. The Morgan fingerprint density at radius 3 is 2.70 bits per heavy atom. The molecular weight excluding hydrogens is 380 g/mol. The van der Waals surface area contributed by atoms with Crippen molar-refractivity contribution in [2.24, 2.45) is 0 Å². The fraction of sp³-hybridized carbons (Fsp3) is 0.292. The minimum Gasteiger partial charge on any atom is -0.488 e. The molecule has 2 aromatic carbocycles. The predicted molar refractivity (Wildman–Crippen MR) is 117 cm³/mol. The van der Waals surface area contributed by atoms with Crippen LogP contribution in [0.2, 0.25) is 0 Å². The van der Waals surface area contributed by atoms with Gasteiger partial charge in [-0.15, -0.1) is 0 Å². The number of aromatic amines is 1. The molecule has 1 fully saturated rings. The first-order valence-corrected chi connectivity index (χ1v) is 10.3. The van der Waals surface area contributed by atoms with Crippen molar-refractivity contribution in [1.82, 2.24) is 4.98 Å². The highest BCUT2D eigenvalue weighted by Gasteiger charge is 2.23. The van der Waals surface area contributed by atoms with Gasteiger partial charge in [-0.1, -0.05) is 30.3 Å². The summed E-state index contributed by atoms with van der Waals surface area (Å²) in [5, 5.41) is 0. The first-order valence-electron chi connectivity index (χ1n) is 10.3. The van der Waals surface area contributed by atoms with Crippen molar-refractivity contribution in [2.75, 3.05) is 18.1 Å². The van der Waals surface area contributed by atoms with Crippen molar-refractivity contribution >= 4 is 11.4 Å². The number of nitrogens with zero attached hydrogens (tertiary/aromatic N) is 1. The first kappa shape index (κ1) is 20.0. The van der Waals surface area contributed by atoms with Crippen LogP contribution in [0.3, 0.4) is 0 Å². The van der Waals surface area contributed by atoms with E-state index < -0.39 is 0 Å². The van der Waals surface area contributed by atoms with Crippen LogP contribution in [0.5, 0.6) is 11.5 Å². The molecule has 1 aliphatic rings. The van der Waals surface area contributed by atoms with Crippen LogP contribution in [0.25, 0.3) is 0 Å². The molecule has 156 valence electrons. The van der Waals surface area contributed by atoms with E-state index in [2.05, 4.69) is 9.88 Å². The van der Waals surface area contributed by atoms with E-state index >= 15 is 0 Å². The van der Waals surface area contributed by atoms with E-state index in [1.165, 1.54) is 0 Å². The van der Waals surface area contributed by atoms with Gasteiger partial charge in [0.1, 0.15) is 0 Å². The largest absolute Gasteiger partial charge is 0.488 e. The number of benzene rings is 2. The third kappa shape index (κ3) is 4.49. The number of rotatable bonds is 8. The van der Waals surface area contributed by atoms with Gasteiger partial charge in [0.25, 0.3) is 5.56 Å². The van der Waals surface area contributed by atoms with Gasteiger partial charge in [-0.2, -0.15) is 0 Å². The van der Waals surface area contributed by atoms with Crippen molar-refractivity contribution in [2.45, 2.75) is 32.6 Å². The van der Waals surface area contributed by atoms with Gasteiger partial charge < -0.3 is 24.1 Å². The first-order chi connectivity index (χ1) is 14.8. The van der Waals surface area contributed by atoms with Crippen LogP contribution in [0.4, 0.5) is 11.4 Å². The summed E-state index contributed by atoms with van der Waals surface area (Å²) in [5.74, 6) is 1.29. The summed E-state index contributed by atoms with van der Waals surface area (Å²) in [7, 11) is 0. The number of aromatic nitrogens is 1. The van der Waals surface area contributed by atoms with Gasteiger partial charge in [0.05, 0.1) is 25.4 Å². The van der Waals surface area contributed by atoms with Crippen molar-refractivity contribution < 1.29 is 14.2 Å². The van der Waals surface area contributed by atoms with E-state index in [1.54, 1.807) is 6.20 Å². The molecule has 0 amide bonds. The quantitative estimate of drug-likeness (QED) is 0.591. The molecule has 0 aliphatic carbocycles. The average molecular weight is 406 g/mol. The second-order valence-electron chi connectivity index (χ2n) is 7.04. The number of anilines is 2. The van der Waals surface area contributed by atoms with Crippen LogP contribution < -0.4 is 19.9 Å². The Morgan fingerprint density at radius 1 is 1.10 bits per heavy atom. The summed E-state index contributed by atoms with van der Waals surface area (Å²) in [6.07, 6.45) is 3.22. The van der Waals surface area contributed by atoms with Crippen molar-refractivity contribution in [3.05, 3.63) is 82.8 Å². The molecule has 1 aromatic heterocycles. The Kier molecular flexibility index (Phi) is 6.35. The Morgan fingerprint density at radius 2 is 1.97 bits per heavy atom. The maximum absolute atomic E-state index is 12.4. The number of para-hydroxylation sites is 2. The molecule has 6 nitrogen and oxygen atoms in total. The molecule has 6 heteroatoms. The van der Waals surface area contributed by atoms with Crippen LogP contribution in [0.1, 0.15) is 25.3 Å². The maximum Gasteiger partial charge on any atom is 0.252 e. The maximum atomic E-state index is 12.4. The van der Waals surface area contributed by atoms with Crippen LogP contribution in [-0.4, -0.2) is 24.5 Å². The smallest absolute Gasteiger partial charge is 0.252 e. The lowest BCUT2D eigenvalue weighted by Gasteiger charge is -2.28. The summed E-state index contributed by atoms with van der Waals surface area (Å²) < 4.78 is 17.8. The molecule has 1 atom stereocenters. The van der Waals surface area contributed by atoms with Gasteiger partial charge in [-0.05, 0) is 43.7 Å². The summed E-state index contributed by atoms with van der Waals surface area (Å²) in [5.41, 5.74) is 2.34. The number of ether oxygens (including phenoxy) is 3. The van der Waals surface area contributed by atoms with Gasteiger partial charge >= 0.3 is 0 Å². The highest BCUT2D eigenvalue weighted by Crippen LogP contribution is 2.42. The predicted octanol–water partition coefficient (Wildman–Crippen LogP) is 4.63. The van der Waals surface area contributed by atoms with Gasteiger partial charge in [0.2, 0.25) is 0 Å². The van der Waals surface area contributed by atoms with Gasteiger partial charge in [0, 0.05) is 23.9 Å². The molecule has 1 saturated heterocycles. The second-order valence-corrected chi connectivity index (χ2v) is 7.04. The Bertz CT molecular complexity index is 1010. The molecule has 0 radical (unpaired) electrons. The lowest BCUT2D eigenvalue weighted by atomic mass is 10.1. The Labute approximate surface area is 176 Å². The van der Waals surface area contributed by atoms with Crippen molar-refractivity contribution in [1.29, 1.82) is 0 Å². The fourth-order valence-electron chi connectivity index (χ4n) is 3.56. The number of nitrogens with one attached hydrogen (secondary N) is 1. The molecule has 0 spiro atoms. The highest BCUT2D eigenvalue weighted by atomic mass is 16.7. The second kappa shape index (κ2) is 9.50. The van der Waals surface area contributed by atoms with Gasteiger partial charge in [0.15, 0.2) is 17.8 Å². The summed E-state index contributed by atoms with van der Waals surface area (Å²) in [4.78, 5) is 17.2. The average Bonchev–Trinajstić information content (AvgIpc) is 3.28. The summed E-state index contributed by atoms with van der Waals surface area (Å²) >= 11 is 0. The standard InChI is InChI=1S/C24H26N2O4/c1-2-28-23-20(12-6-13-21(23)30-22-14-8-16-29-22)26(19-10-4-3-5-11-19)17-18-9-7-15-25-24(18)27/h3-7,9-13,15,22H,2,8,14,16-17H2,1H3,(H,25,27)/t22-/m1/s1. The van der Waals surface area contributed by atoms with Crippen LogP contribution in [0, 0.1) is 0 Å². The molecule has 0 unspecified atom stereocenters. The number of H-pyrrole nitrogens is 1. The van der Waals surface area contributed by atoms with Crippen molar-refractivity contribution in [3.63, 3.8) is 0 Å². The molecule has 4 rings (SSSR count). The SMILES string of the molecule is CCOc1c(O[C@@H]2CCCO2)cccc1N(Cc1ccc[nH]c1=O)c1ccccc1. The minimum atomic E-state index is -0.262. The van der Waals surface area contributed by atoms with Gasteiger partial charge in [-0.3, -0.25) is 4.79 Å². The zero-order valence-electron chi connectivity index (χ0n) is 17.0. The normalized spacial score (nSPS) is 15.7. The Hall–Kier alpha value is -3.25.